The van der Waals surface area contributed by atoms with Gasteiger partial charge >= 0.3 is 0 Å². The number of hydrazone groups is 1. The second-order valence-electron chi connectivity index (χ2n) is 6.26. The van der Waals surface area contributed by atoms with Crippen LogP contribution in [0.1, 0.15) is 15.9 Å². The number of nitrogens with zero attached hydrogens (tertiary/aromatic N) is 2. The van der Waals surface area contributed by atoms with E-state index in [-0.39, 0.29) is 18.4 Å². The van der Waals surface area contributed by atoms with Crippen molar-refractivity contribution in [2.75, 3.05) is 40.0 Å². The highest BCUT2D eigenvalue weighted by atomic mass is 16.5. The number of rotatable bonds is 7. The maximum atomic E-state index is 12.2. The van der Waals surface area contributed by atoms with E-state index in [1.165, 1.54) is 13.3 Å². The van der Waals surface area contributed by atoms with Crippen molar-refractivity contribution in [1.29, 1.82) is 0 Å². The summed E-state index contributed by atoms with van der Waals surface area (Å²) in [6.45, 7) is 2.16. The summed E-state index contributed by atoms with van der Waals surface area (Å²) in [5.74, 6) is 0.540. The first-order valence-electron chi connectivity index (χ1n) is 9.22. The minimum absolute atomic E-state index is 0.0725. The van der Waals surface area contributed by atoms with Crippen molar-refractivity contribution in [3.8, 4) is 11.5 Å². The predicted molar refractivity (Wildman–Crippen MR) is 107 cm³/mol. The molecule has 29 heavy (non-hydrogen) atoms. The fraction of sp³-hybridized carbons (Fsp3) is 0.286. The van der Waals surface area contributed by atoms with Gasteiger partial charge in [0.2, 0.25) is 0 Å². The molecule has 8 heteroatoms. The third-order valence-corrected chi connectivity index (χ3v) is 4.32. The molecule has 0 unspecified atom stereocenters. The van der Waals surface area contributed by atoms with Gasteiger partial charge in [-0.1, -0.05) is 18.2 Å². The molecule has 8 nitrogen and oxygen atoms in total. The van der Waals surface area contributed by atoms with E-state index in [0.29, 0.717) is 48.9 Å². The van der Waals surface area contributed by atoms with Gasteiger partial charge in [0.1, 0.15) is 0 Å². The number of nitrogens with one attached hydrogen (secondary N) is 1. The van der Waals surface area contributed by atoms with Crippen LogP contribution >= 0.6 is 0 Å². The van der Waals surface area contributed by atoms with Gasteiger partial charge in [-0.25, -0.2) is 5.43 Å². The van der Waals surface area contributed by atoms with Crippen LogP contribution in [0.3, 0.4) is 0 Å². The standard InChI is InChI=1S/C21H23N3O5/c1-27-19-13-16(14-22-23-21(26)17-5-3-2-4-6-17)7-8-18(19)29-15-20(25)24-9-11-28-12-10-24/h2-8,13-14H,9-12,15H2,1H3,(H,23,26)/b22-14+. The van der Waals surface area contributed by atoms with Gasteiger partial charge in [0.25, 0.3) is 11.8 Å². The van der Waals surface area contributed by atoms with Crippen LogP contribution in [-0.4, -0.2) is 62.9 Å². The van der Waals surface area contributed by atoms with Crippen molar-refractivity contribution in [2.45, 2.75) is 0 Å². The number of methoxy groups -OCH3 is 1. The largest absolute Gasteiger partial charge is 0.493 e. The molecule has 0 aromatic heterocycles. The third kappa shape index (κ3) is 5.79. The van der Waals surface area contributed by atoms with Gasteiger partial charge in [-0.05, 0) is 35.9 Å². The van der Waals surface area contributed by atoms with Crippen molar-refractivity contribution < 1.29 is 23.8 Å². The van der Waals surface area contributed by atoms with Crippen molar-refractivity contribution in [1.82, 2.24) is 10.3 Å². The van der Waals surface area contributed by atoms with Crippen molar-refractivity contribution in [3.05, 3.63) is 59.7 Å². The van der Waals surface area contributed by atoms with E-state index in [1.54, 1.807) is 47.4 Å². The zero-order valence-corrected chi connectivity index (χ0v) is 16.2. The summed E-state index contributed by atoms with van der Waals surface area (Å²) in [5.41, 5.74) is 3.71. The van der Waals surface area contributed by atoms with Crippen LogP contribution in [0, 0.1) is 0 Å². The Balaban J connectivity index is 1.56. The summed E-state index contributed by atoms with van der Waals surface area (Å²) < 4.78 is 16.2. The molecule has 152 valence electrons. The lowest BCUT2D eigenvalue weighted by Gasteiger charge is -2.26. The van der Waals surface area contributed by atoms with E-state index in [0.717, 1.165) is 0 Å². The summed E-state index contributed by atoms with van der Waals surface area (Å²) in [7, 11) is 1.52. The van der Waals surface area contributed by atoms with Crippen LogP contribution in [0.2, 0.25) is 0 Å². The van der Waals surface area contributed by atoms with Crippen LogP contribution in [0.4, 0.5) is 0 Å². The minimum atomic E-state index is -0.296. The molecular formula is C21H23N3O5. The Kier molecular flexibility index (Phi) is 7.18. The Labute approximate surface area is 169 Å². The van der Waals surface area contributed by atoms with Crippen LogP contribution in [-0.2, 0) is 9.53 Å². The molecule has 2 aromatic rings. The maximum absolute atomic E-state index is 12.2. The van der Waals surface area contributed by atoms with Gasteiger partial charge in [-0.2, -0.15) is 5.10 Å². The molecular weight excluding hydrogens is 374 g/mol. The smallest absolute Gasteiger partial charge is 0.271 e. The topological polar surface area (TPSA) is 89.5 Å². The van der Waals surface area contributed by atoms with Crippen LogP contribution < -0.4 is 14.9 Å². The molecule has 1 aliphatic rings. The lowest BCUT2D eigenvalue weighted by atomic mass is 10.2. The van der Waals surface area contributed by atoms with Gasteiger partial charge in [0.15, 0.2) is 18.1 Å². The highest BCUT2D eigenvalue weighted by Gasteiger charge is 2.18. The number of hydrogen-bond donors (Lipinski definition) is 1. The second-order valence-corrected chi connectivity index (χ2v) is 6.26. The molecule has 0 radical (unpaired) electrons. The molecule has 0 aliphatic carbocycles. The van der Waals surface area contributed by atoms with E-state index >= 15 is 0 Å². The first-order chi connectivity index (χ1) is 14.2. The summed E-state index contributed by atoms with van der Waals surface area (Å²) in [5, 5.41) is 3.96. The number of benzene rings is 2. The molecule has 1 heterocycles. The third-order valence-electron chi connectivity index (χ3n) is 4.32. The van der Waals surface area contributed by atoms with Crippen LogP contribution in [0.15, 0.2) is 53.6 Å². The first-order valence-corrected chi connectivity index (χ1v) is 9.22. The Morgan fingerprint density at radius 3 is 2.62 bits per heavy atom. The predicted octanol–water partition coefficient (Wildman–Crippen LogP) is 1.70. The summed E-state index contributed by atoms with van der Waals surface area (Å²) in [6.07, 6.45) is 1.51. The van der Waals surface area contributed by atoms with Gasteiger partial charge in [-0.3, -0.25) is 9.59 Å². The summed E-state index contributed by atoms with van der Waals surface area (Å²) >= 11 is 0. The molecule has 0 saturated carbocycles. The fourth-order valence-corrected chi connectivity index (χ4v) is 2.75. The van der Waals surface area contributed by atoms with Gasteiger partial charge in [0, 0.05) is 18.7 Å². The fourth-order valence-electron chi connectivity index (χ4n) is 2.75. The van der Waals surface area contributed by atoms with E-state index in [2.05, 4.69) is 10.5 Å². The molecule has 0 bridgehead atoms. The van der Waals surface area contributed by atoms with Gasteiger partial charge in [0.05, 0.1) is 26.5 Å². The number of carbonyl (C=O) groups excluding carboxylic acids is 2. The highest BCUT2D eigenvalue weighted by molar-refractivity contribution is 5.94. The van der Waals surface area contributed by atoms with E-state index in [9.17, 15) is 9.59 Å². The molecule has 2 aromatic carbocycles. The lowest BCUT2D eigenvalue weighted by molar-refractivity contribution is -0.137. The summed E-state index contributed by atoms with van der Waals surface area (Å²) in [4.78, 5) is 25.9. The minimum Gasteiger partial charge on any atom is -0.493 e. The Bertz CT molecular complexity index is 864. The molecule has 3 rings (SSSR count). The van der Waals surface area contributed by atoms with Crippen molar-refractivity contribution >= 4 is 18.0 Å². The highest BCUT2D eigenvalue weighted by Crippen LogP contribution is 2.27. The summed E-state index contributed by atoms with van der Waals surface area (Å²) in [6, 6.07) is 14.0. The molecule has 0 spiro atoms. The maximum Gasteiger partial charge on any atom is 0.271 e. The number of morpholine rings is 1. The van der Waals surface area contributed by atoms with Crippen LogP contribution in [0.25, 0.3) is 0 Å². The molecule has 1 saturated heterocycles. The Morgan fingerprint density at radius 2 is 1.90 bits per heavy atom. The number of carbonyl (C=O) groups is 2. The second kappa shape index (κ2) is 10.2. The molecule has 2 amide bonds. The molecule has 1 aliphatic heterocycles. The van der Waals surface area contributed by atoms with E-state index in [4.69, 9.17) is 14.2 Å². The molecule has 1 fully saturated rings. The van der Waals surface area contributed by atoms with E-state index < -0.39 is 0 Å². The monoisotopic (exact) mass is 397 g/mol. The first kappa shape index (κ1) is 20.3. The quantitative estimate of drug-likeness (QED) is 0.567. The van der Waals surface area contributed by atoms with Gasteiger partial charge < -0.3 is 19.1 Å². The molecule has 1 N–H and O–H groups in total. The lowest BCUT2D eigenvalue weighted by Crippen LogP contribution is -2.43. The van der Waals surface area contributed by atoms with E-state index in [1.807, 2.05) is 6.07 Å². The van der Waals surface area contributed by atoms with Crippen LogP contribution in [0.5, 0.6) is 11.5 Å². The van der Waals surface area contributed by atoms with Gasteiger partial charge in [-0.15, -0.1) is 0 Å². The zero-order valence-electron chi connectivity index (χ0n) is 16.2. The average molecular weight is 397 g/mol. The normalized spacial score (nSPS) is 13.9. The van der Waals surface area contributed by atoms with Crippen molar-refractivity contribution in [2.24, 2.45) is 5.10 Å². The van der Waals surface area contributed by atoms with Crippen molar-refractivity contribution in [3.63, 3.8) is 0 Å². The zero-order chi connectivity index (χ0) is 20.5. The number of hydrogen-bond acceptors (Lipinski definition) is 6. The average Bonchev–Trinajstić information content (AvgIpc) is 2.78. The number of amides is 2. The molecule has 0 atom stereocenters. The Hall–Kier alpha value is -3.39. The Morgan fingerprint density at radius 1 is 1.14 bits per heavy atom. The number of ether oxygens (including phenoxy) is 3. The SMILES string of the molecule is COc1cc(/C=N/NC(=O)c2ccccc2)ccc1OCC(=O)N1CCOCC1.